The highest BCUT2D eigenvalue weighted by atomic mass is 35.5. The summed E-state index contributed by atoms with van der Waals surface area (Å²) in [6.45, 7) is 1.65. The van der Waals surface area contributed by atoms with Crippen LogP contribution in [0, 0.1) is 6.92 Å². The van der Waals surface area contributed by atoms with Gasteiger partial charge in [-0.1, -0.05) is 42.0 Å². The predicted octanol–water partition coefficient (Wildman–Crippen LogP) is 4.89. The van der Waals surface area contributed by atoms with Crippen molar-refractivity contribution < 1.29 is 13.5 Å². The van der Waals surface area contributed by atoms with Crippen LogP contribution in [0.5, 0.6) is 5.75 Å². The summed E-state index contributed by atoms with van der Waals surface area (Å²) in [5.74, 6) is -0.0530. The number of phenolic OH excluding ortho intramolecular Hbond substituents is 1. The van der Waals surface area contributed by atoms with Crippen molar-refractivity contribution >= 4 is 32.9 Å². The van der Waals surface area contributed by atoms with Crippen LogP contribution in [-0.2, 0) is 10.0 Å². The molecule has 1 aliphatic carbocycles. The van der Waals surface area contributed by atoms with Crippen molar-refractivity contribution in [1.82, 2.24) is 0 Å². The van der Waals surface area contributed by atoms with Gasteiger partial charge in [-0.25, -0.2) is 8.42 Å². The lowest BCUT2D eigenvalue weighted by Gasteiger charge is -2.12. The summed E-state index contributed by atoms with van der Waals surface area (Å²) in [5.41, 5.74) is 2.89. The Labute approximate surface area is 152 Å². The molecule has 2 N–H and O–H groups in total. The lowest BCUT2D eigenvalue weighted by atomic mass is 10.00. The number of phenols is 1. The number of halogens is 1. The fraction of sp³-hybridized carbons (Fsp3) is 0.158. The number of hydrogen-bond donors (Lipinski definition) is 2. The van der Waals surface area contributed by atoms with Crippen LogP contribution in [0.2, 0.25) is 5.02 Å². The van der Waals surface area contributed by atoms with Crippen LogP contribution < -0.4 is 4.72 Å². The summed E-state index contributed by atoms with van der Waals surface area (Å²) in [7, 11) is -3.73. The Morgan fingerprint density at radius 2 is 1.84 bits per heavy atom. The zero-order chi connectivity index (χ0) is 18.0. The molecule has 2 aromatic carbocycles. The van der Waals surface area contributed by atoms with Crippen LogP contribution in [0.4, 0.5) is 5.69 Å². The number of aryl methyl sites for hydroxylation is 1. The molecule has 130 valence electrons. The standard InChI is InChI=1S/C19H18ClNO3S/c1-13-11-16(12-18(20)19(13)22)21-25(23,24)17-9-7-15(8-10-17)14-5-3-2-4-6-14/h3,5-12,21-22H,2,4H2,1H3. The van der Waals surface area contributed by atoms with Gasteiger partial charge in [-0.3, -0.25) is 4.72 Å². The highest BCUT2D eigenvalue weighted by Crippen LogP contribution is 2.31. The van der Waals surface area contributed by atoms with Gasteiger partial charge < -0.3 is 5.11 Å². The fourth-order valence-electron chi connectivity index (χ4n) is 2.66. The summed E-state index contributed by atoms with van der Waals surface area (Å²) in [6, 6.07) is 9.67. The summed E-state index contributed by atoms with van der Waals surface area (Å²) in [4.78, 5) is 0.165. The number of rotatable bonds is 4. The number of nitrogens with one attached hydrogen (secondary N) is 1. The molecule has 0 bridgehead atoms. The van der Waals surface area contributed by atoms with Gasteiger partial charge in [0.05, 0.1) is 15.6 Å². The first-order valence-corrected chi connectivity index (χ1v) is 9.72. The Kier molecular flexibility index (Phi) is 4.88. The zero-order valence-corrected chi connectivity index (χ0v) is 15.2. The second-order valence-corrected chi connectivity index (χ2v) is 7.98. The molecule has 0 unspecified atom stereocenters. The van der Waals surface area contributed by atoms with E-state index in [1.165, 1.54) is 12.1 Å². The van der Waals surface area contributed by atoms with Crippen LogP contribution in [0.25, 0.3) is 5.57 Å². The largest absolute Gasteiger partial charge is 0.506 e. The number of aromatic hydroxyl groups is 1. The normalized spacial score (nSPS) is 14.2. The van der Waals surface area contributed by atoms with Crippen LogP contribution in [0.15, 0.2) is 59.5 Å². The van der Waals surface area contributed by atoms with Gasteiger partial charge in [0, 0.05) is 0 Å². The van der Waals surface area contributed by atoms with E-state index in [2.05, 4.69) is 16.9 Å². The van der Waals surface area contributed by atoms with Crippen LogP contribution in [-0.4, -0.2) is 13.5 Å². The van der Waals surface area contributed by atoms with Crippen molar-refractivity contribution in [3.05, 3.63) is 70.8 Å². The minimum Gasteiger partial charge on any atom is -0.506 e. The molecule has 25 heavy (non-hydrogen) atoms. The fourth-order valence-corrected chi connectivity index (χ4v) is 3.97. The van der Waals surface area contributed by atoms with Gasteiger partial charge in [0.2, 0.25) is 0 Å². The van der Waals surface area contributed by atoms with Gasteiger partial charge in [-0.05, 0) is 60.7 Å². The van der Waals surface area contributed by atoms with Gasteiger partial charge in [-0.2, -0.15) is 0 Å². The van der Waals surface area contributed by atoms with Gasteiger partial charge in [0.15, 0.2) is 0 Å². The third-order valence-corrected chi connectivity index (χ3v) is 5.68. The van der Waals surface area contributed by atoms with E-state index in [0.717, 1.165) is 24.0 Å². The molecular formula is C19H18ClNO3S. The lowest BCUT2D eigenvalue weighted by Crippen LogP contribution is -2.13. The van der Waals surface area contributed by atoms with Gasteiger partial charge in [0.25, 0.3) is 10.0 Å². The van der Waals surface area contributed by atoms with E-state index >= 15 is 0 Å². The molecule has 3 rings (SSSR count). The number of anilines is 1. The Morgan fingerprint density at radius 1 is 1.12 bits per heavy atom. The molecule has 6 heteroatoms. The highest BCUT2D eigenvalue weighted by Gasteiger charge is 2.16. The maximum Gasteiger partial charge on any atom is 0.261 e. The van der Waals surface area contributed by atoms with E-state index in [4.69, 9.17) is 11.6 Å². The smallest absolute Gasteiger partial charge is 0.261 e. The molecule has 0 aliphatic heterocycles. The zero-order valence-electron chi connectivity index (χ0n) is 13.7. The maximum atomic E-state index is 12.6. The first-order chi connectivity index (χ1) is 11.9. The minimum atomic E-state index is -3.73. The van der Waals surface area contributed by atoms with Gasteiger partial charge >= 0.3 is 0 Å². The average Bonchev–Trinajstić information content (AvgIpc) is 2.60. The molecular weight excluding hydrogens is 358 g/mol. The number of allylic oxidation sites excluding steroid dienone is 4. The second-order valence-electron chi connectivity index (χ2n) is 5.89. The van der Waals surface area contributed by atoms with E-state index in [1.807, 2.05) is 6.08 Å². The topological polar surface area (TPSA) is 66.4 Å². The maximum absolute atomic E-state index is 12.6. The van der Waals surface area contributed by atoms with Crippen molar-refractivity contribution in [3.63, 3.8) is 0 Å². The van der Waals surface area contributed by atoms with Crippen LogP contribution in [0.1, 0.15) is 24.0 Å². The van der Waals surface area contributed by atoms with Gasteiger partial charge in [0.1, 0.15) is 5.75 Å². The number of sulfonamides is 1. The third kappa shape index (κ3) is 3.89. The van der Waals surface area contributed by atoms with Crippen molar-refractivity contribution in [2.24, 2.45) is 0 Å². The summed E-state index contributed by atoms with van der Waals surface area (Å²) in [6.07, 6.45) is 8.33. The molecule has 2 aromatic rings. The number of hydrogen-bond acceptors (Lipinski definition) is 3. The van der Waals surface area contributed by atoms with Crippen molar-refractivity contribution in [3.8, 4) is 5.75 Å². The lowest BCUT2D eigenvalue weighted by molar-refractivity contribution is 0.471. The minimum absolute atomic E-state index is 0.0530. The molecule has 0 fully saturated rings. The molecule has 0 amide bonds. The molecule has 0 saturated carbocycles. The summed E-state index contributed by atoms with van der Waals surface area (Å²) in [5, 5.41) is 9.78. The van der Waals surface area contributed by atoms with E-state index in [1.54, 1.807) is 31.2 Å². The molecule has 0 atom stereocenters. The SMILES string of the molecule is Cc1cc(NS(=O)(=O)c2ccc(C3=CCCC=C3)cc2)cc(Cl)c1O. The number of benzene rings is 2. The van der Waals surface area contributed by atoms with Crippen molar-refractivity contribution in [2.75, 3.05) is 4.72 Å². The second kappa shape index (κ2) is 6.94. The van der Waals surface area contributed by atoms with E-state index < -0.39 is 10.0 Å². The highest BCUT2D eigenvalue weighted by molar-refractivity contribution is 7.92. The monoisotopic (exact) mass is 375 g/mol. The Morgan fingerprint density at radius 3 is 2.44 bits per heavy atom. The third-order valence-electron chi connectivity index (χ3n) is 4.00. The first kappa shape index (κ1) is 17.6. The molecule has 0 spiro atoms. The Balaban J connectivity index is 1.85. The summed E-state index contributed by atoms with van der Waals surface area (Å²) < 4.78 is 27.6. The molecule has 4 nitrogen and oxygen atoms in total. The van der Waals surface area contributed by atoms with E-state index in [0.29, 0.717) is 11.3 Å². The van der Waals surface area contributed by atoms with E-state index in [-0.39, 0.29) is 15.7 Å². The quantitative estimate of drug-likeness (QED) is 0.748. The molecule has 0 saturated heterocycles. The molecule has 1 aliphatic rings. The van der Waals surface area contributed by atoms with E-state index in [9.17, 15) is 13.5 Å². The Hall–Kier alpha value is -2.24. The summed E-state index contributed by atoms with van der Waals surface area (Å²) >= 11 is 5.90. The first-order valence-electron chi connectivity index (χ1n) is 7.86. The molecule has 0 aromatic heterocycles. The van der Waals surface area contributed by atoms with Gasteiger partial charge in [-0.15, -0.1) is 0 Å². The predicted molar refractivity (Wildman–Crippen MR) is 101 cm³/mol. The molecule has 0 heterocycles. The average molecular weight is 376 g/mol. The van der Waals surface area contributed by atoms with Crippen LogP contribution in [0.3, 0.4) is 0 Å². The van der Waals surface area contributed by atoms with Crippen LogP contribution >= 0.6 is 11.6 Å². The van der Waals surface area contributed by atoms with Crippen molar-refractivity contribution in [1.29, 1.82) is 0 Å². The van der Waals surface area contributed by atoms with Crippen molar-refractivity contribution in [2.45, 2.75) is 24.7 Å². The Bertz CT molecular complexity index is 938. The molecule has 0 radical (unpaired) electrons.